The minimum atomic E-state index is -1.77. The Balaban J connectivity index is 2.74. The zero-order valence-electron chi connectivity index (χ0n) is 10.8. The molecule has 0 fully saturated rings. The van der Waals surface area contributed by atoms with Gasteiger partial charge in [-0.2, -0.15) is 0 Å². The van der Waals surface area contributed by atoms with Gasteiger partial charge in [0.25, 0.3) is 0 Å². The van der Waals surface area contributed by atoms with Crippen molar-refractivity contribution < 1.29 is 4.43 Å². The van der Waals surface area contributed by atoms with Crippen LogP contribution in [0.3, 0.4) is 0 Å². The molecule has 0 atom stereocenters. The Bertz CT molecular complexity index is 385. The number of rotatable bonds is 3. The van der Waals surface area contributed by atoms with Gasteiger partial charge in [-0.25, -0.2) is 9.97 Å². The van der Waals surface area contributed by atoms with Crippen molar-refractivity contribution in [2.45, 2.75) is 45.5 Å². The van der Waals surface area contributed by atoms with Gasteiger partial charge in [0.2, 0.25) is 5.28 Å². The van der Waals surface area contributed by atoms with Crippen molar-refractivity contribution in [3.63, 3.8) is 0 Å². The fraction of sp³-hybridized carbons (Fsp3) is 0.636. The Hall–Kier alpha value is -0.163. The molecule has 0 radical (unpaired) electrons. The van der Waals surface area contributed by atoms with Crippen LogP contribution in [0.15, 0.2) is 6.07 Å². The summed E-state index contributed by atoms with van der Waals surface area (Å²) < 4.78 is 6.02. The van der Waals surface area contributed by atoms with E-state index >= 15 is 0 Å². The first kappa shape index (κ1) is 14.9. The third-order valence-corrected chi connectivity index (χ3v) is 7.95. The van der Waals surface area contributed by atoms with Gasteiger partial charge in [0.1, 0.15) is 5.15 Å². The Morgan fingerprint density at radius 3 is 2.29 bits per heavy atom. The van der Waals surface area contributed by atoms with E-state index in [1.807, 2.05) is 0 Å². The summed E-state index contributed by atoms with van der Waals surface area (Å²) >= 11 is 11.5. The third kappa shape index (κ3) is 4.21. The summed E-state index contributed by atoms with van der Waals surface area (Å²) in [6, 6.07) is 1.68. The maximum Gasteiger partial charge on any atom is 0.224 e. The summed E-state index contributed by atoms with van der Waals surface area (Å²) in [5.41, 5.74) is 0.722. The lowest BCUT2D eigenvalue weighted by Crippen LogP contribution is -2.40. The SMILES string of the molecule is CC(C)(C)[Si](C)(C)OCc1cc(Cl)nc(Cl)n1. The van der Waals surface area contributed by atoms with E-state index in [9.17, 15) is 0 Å². The van der Waals surface area contributed by atoms with Gasteiger partial charge in [0.15, 0.2) is 8.32 Å². The van der Waals surface area contributed by atoms with Gasteiger partial charge in [0, 0.05) is 0 Å². The lowest BCUT2D eigenvalue weighted by Gasteiger charge is -2.36. The largest absolute Gasteiger partial charge is 0.411 e. The molecule has 0 amide bonds. The number of aromatic nitrogens is 2. The van der Waals surface area contributed by atoms with Crippen molar-refractivity contribution in [1.29, 1.82) is 0 Å². The van der Waals surface area contributed by atoms with Crippen LogP contribution in [0.5, 0.6) is 0 Å². The van der Waals surface area contributed by atoms with Crippen LogP contribution in [0.4, 0.5) is 0 Å². The van der Waals surface area contributed by atoms with Crippen LogP contribution >= 0.6 is 23.2 Å². The normalized spacial score (nSPS) is 12.9. The number of hydrogen-bond acceptors (Lipinski definition) is 3. The van der Waals surface area contributed by atoms with Gasteiger partial charge in [-0.3, -0.25) is 0 Å². The fourth-order valence-corrected chi connectivity index (χ4v) is 2.37. The van der Waals surface area contributed by atoms with Gasteiger partial charge in [0.05, 0.1) is 12.3 Å². The number of nitrogens with zero attached hydrogens (tertiary/aromatic N) is 2. The molecule has 1 aromatic heterocycles. The highest BCUT2D eigenvalue weighted by Gasteiger charge is 2.37. The molecule has 0 unspecified atom stereocenters. The van der Waals surface area contributed by atoms with E-state index in [1.54, 1.807) is 6.07 Å². The molecule has 96 valence electrons. The molecule has 1 rings (SSSR count). The quantitative estimate of drug-likeness (QED) is 0.473. The molecular formula is C11H18Cl2N2OSi. The van der Waals surface area contributed by atoms with Crippen LogP contribution in [0.1, 0.15) is 26.5 Å². The average Bonchev–Trinajstić information content (AvgIpc) is 2.11. The van der Waals surface area contributed by atoms with Gasteiger partial charge < -0.3 is 4.43 Å². The second kappa shape index (κ2) is 5.22. The van der Waals surface area contributed by atoms with Crippen molar-refractivity contribution in [3.05, 3.63) is 22.2 Å². The zero-order valence-corrected chi connectivity index (χ0v) is 13.4. The van der Waals surface area contributed by atoms with Gasteiger partial charge in [-0.1, -0.05) is 32.4 Å². The Morgan fingerprint density at radius 1 is 1.24 bits per heavy atom. The first-order valence-corrected chi connectivity index (χ1v) is 9.11. The molecule has 1 heterocycles. The molecule has 0 aromatic carbocycles. The lowest BCUT2D eigenvalue weighted by molar-refractivity contribution is 0.272. The van der Waals surface area contributed by atoms with E-state index in [1.165, 1.54) is 0 Å². The first-order valence-electron chi connectivity index (χ1n) is 5.45. The summed E-state index contributed by atoms with van der Waals surface area (Å²) in [5, 5.41) is 0.679. The topological polar surface area (TPSA) is 35.0 Å². The van der Waals surface area contributed by atoms with Crippen molar-refractivity contribution in [1.82, 2.24) is 9.97 Å². The molecule has 0 spiro atoms. The smallest absolute Gasteiger partial charge is 0.224 e. The Morgan fingerprint density at radius 2 is 1.82 bits per heavy atom. The summed E-state index contributed by atoms with van der Waals surface area (Å²) in [5.74, 6) is 0. The summed E-state index contributed by atoms with van der Waals surface area (Å²) in [4.78, 5) is 7.89. The van der Waals surface area contributed by atoms with Crippen LogP contribution < -0.4 is 0 Å². The third-order valence-electron chi connectivity index (χ3n) is 3.11. The van der Waals surface area contributed by atoms with Crippen LogP contribution in [-0.2, 0) is 11.0 Å². The molecule has 0 saturated heterocycles. The van der Waals surface area contributed by atoms with Gasteiger partial charge in [-0.05, 0) is 35.8 Å². The van der Waals surface area contributed by atoms with Crippen LogP contribution in [0.25, 0.3) is 0 Å². The highest BCUT2D eigenvalue weighted by atomic mass is 35.5. The number of halogens is 2. The molecule has 0 bridgehead atoms. The van der Waals surface area contributed by atoms with Crippen molar-refractivity contribution in [2.75, 3.05) is 0 Å². The maximum absolute atomic E-state index is 6.02. The molecule has 17 heavy (non-hydrogen) atoms. The summed E-state index contributed by atoms with van der Waals surface area (Å²) in [7, 11) is -1.77. The van der Waals surface area contributed by atoms with Gasteiger partial charge in [-0.15, -0.1) is 0 Å². The van der Waals surface area contributed by atoms with Gasteiger partial charge >= 0.3 is 0 Å². The van der Waals surface area contributed by atoms with E-state index in [4.69, 9.17) is 27.6 Å². The van der Waals surface area contributed by atoms with Crippen molar-refractivity contribution >= 4 is 31.5 Å². The average molecular weight is 293 g/mol. The Kier molecular flexibility index (Phi) is 4.58. The second-order valence-corrected chi connectivity index (χ2v) is 11.0. The van der Waals surface area contributed by atoms with E-state index in [0.717, 1.165) is 5.69 Å². The first-order chi connectivity index (χ1) is 7.62. The summed E-state index contributed by atoms with van der Waals surface area (Å²) in [6.07, 6.45) is 0. The predicted molar refractivity (Wildman–Crippen MR) is 74.0 cm³/mol. The molecule has 0 aliphatic carbocycles. The standard InChI is InChI=1S/C11H18Cl2N2OSi/c1-11(2,3)17(4,5)16-7-8-6-9(12)15-10(13)14-8/h6H,7H2,1-5H3. The van der Waals surface area contributed by atoms with E-state index < -0.39 is 8.32 Å². The second-order valence-electron chi connectivity index (χ2n) is 5.50. The van der Waals surface area contributed by atoms with Crippen molar-refractivity contribution in [2.24, 2.45) is 0 Å². The predicted octanol–water partition coefficient (Wildman–Crippen LogP) is 4.31. The maximum atomic E-state index is 6.02. The fourth-order valence-electron chi connectivity index (χ4n) is 0.978. The lowest BCUT2D eigenvalue weighted by atomic mass is 10.2. The molecule has 1 aromatic rings. The van der Waals surface area contributed by atoms with Crippen LogP contribution in [-0.4, -0.2) is 18.3 Å². The van der Waals surface area contributed by atoms with E-state index in [0.29, 0.717) is 11.8 Å². The number of hydrogen-bond donors (Lipinski definition) is 0. The van der Waals surface area contributed by atoms with E-state index in [2.05, 4.69) is 43.8 Å². The minimum Gasteiger partial charge on any atom is -0.411 e. The Labute approximate surface area is 114 Å². The summed E-state index contributed by atoms with van der Waals surface area (Å²) in [6.45, 7) is 11.4. The minimum absolute atomic E-state index is 0.159. The highest BCUT2D eigenvalue weighted by Crippen LogP contribution is 2.37. The van der Waals surface area contributed by atoms with Crippen LogP contribution in [0, 0.1) is 0 Å². The highest BCUT2D eigenvalue weighted by molar-refractivity contribution is 6.74. The molecule has 3 nitrogen and oxygen atoms in total. The zero-order chi connectivity index (χ0) is 13.3. The van der Waals surface area contributed by atoms with E-state index in [-0.39, 0.29) is 10.3 Å². The molecule has 0 N–H and O–H groups in total. The molecule has 0 aliphatic rings. The molecule has 0 saturated carbocycles. The molecule has 6 heteroatoms. The van der Waals surface area contributed by atoms with Crippen molar-refractivity contribution in [3.8, 4) is 0 Å². The monoisotopic (exact) mass is 292 g/mol. The molecule has 0 aliphatic heterocycles. The van der Waals surface area contributed by atoms with Crippen LogP contribution in [0.2, 0.25) is 28.6 Å². The molecular weight excluding hydrogens is 275 g/mol.